The first kappa shape index (κ1) is 12.7. The largest absolute Gasteiger partial charge is 0.326 e. The van der Waals surface area contributed by atoms with Crippen molar-refractivity contribution in [2.75, 3.05) is 10.6 Å². The number of urea groups is 1. The molecular weight excluding hydrogens is 248 g/mol. The van der Waals surface area contributed by atoms with Gasteiger partial charge in [0.1, 0.15) is 0 Å². The van der Waals surface area contributed by atoms with Crippen LogP contribution in [0.5, 0.6) is 0 Å². The topological polar surface area (TPSA) is 102 Å². The van der Waals surface area contributed by atoms with Crippen molar-refractivity contribution in [2.45, 2.75) is 6.92 Å². The lowest BCUT2D eigenvalue weighted by Crippen LogP contribution is -2.20. The zero-order valence-electron chi connectivity index (χ0n) is 10.4. The number of anilines is 2. The fraction of sp³-hybridized carbons (Fsp3) is 0.182. The summed E-state index contributed by atoms with van der Waals surface area (Å²) in [7, 11) is 1.59. The Kier molecular flexibility index (Phi) is 3.51. The van der Waals surface area contributed by atoms with Crippen molar-refractivity contribution in [3.8, 4) is 0 Å². The zero-order chi connectivity index (χ0) is 13.8. The Hall–Kier alpha value is -2.77. The van der Waals surface area contributed by atoms with Crippen molar-refractivity contribution >= 4 is 23.5 Å². The molecule has 0 unspecified atom stereocenters. The number of aryl methyl sites for hydroxylation is 1. The molecule has 8 heteroatoms. The molecule has 98 valence electrons. The quantitative estimate of drug-likeness (QED) is 0.803. The summed E-state index contributed by atoms with van der Waals surface area (Å²) in [5, 5.41) is 16.0. The summed E-state index contributed by atoms with van der Waals surface area (Å²) in [6, 6.07) is 6.07. The van der Waals surface area contributed by atoms with E-state index < -0.39 is 6.03 Å². The molecule has 2 N–H and O–H groups in total. The minimum absolute atomic E-state index is 0.0280. The molecule has 0 aliphatic rings. The van der Waals surface area contributed by atoms with E-state index in [1.54, 1.807) is 31.3 Å². The molecule has 0 spiro atoms. The highest BCUT2D eigenvalue weighted by Crippen LogP contribution is 2.10. The smallest absolute Gasteiger partial charge is 0.308 e. The van der Waals surface area contributed by atoms with Crippen molar-refractivity contribution in [2.24, 2.45) is 7.05 Å². The van der Waals surface area contributed by atoms with Crippen LogP contribution in [-0.2, 0) is 7.05 Å². The van der Waals surface area contributed by atoms with E-state index in [0.29, 0.717) is 11.3 Å². The highest BCUT2D eigenvalue weighted by atomic mass is 16.2. The van der Waals surface area contributed by atoms with Crippen LogP contribution in [0, 0.1) is 0 Å². The third-order valence-corrected chi connectivity index (χ3v) is 2.28. The highest BCUT2D eigenvalue weighted by molar-refractivity contribution is 5.99. The van der Waals surface area contributed by atoms with Crippen LogP contribution in [0.1, 0.15) is 17.3 Å². The van der Waals surface area contributed by atoms with Crippen LogP contribution in [0.2, 0.25) is 0 Å². The fourth-order valence-electron chi connectivity index (χ4n) is 1.39. The first-order valence-corrected chi connectivity index (χ1v) is 5.47. The number of nitrogens with zero attached hydrogens (tertiary/aromatic N) is 4. The summed E-state index contributed by atoms with van der Waals surface area (Å²) in [4.78, 5) is 23.9. The lowest BCUT2D eigenvalue weighted by molar-refractivity contribution is 0.101. The molecular formula is C11H12N6O2. The fourth-order valence-corrected chi connectivity index (χ4v) is 1.39. The molecule has 1 aromatic heterocycles. The Balaban J connectivity index is 1.97. The molecule has 0 aliphatic carbocycles. The number of rotatable bonds is 3. The van der Waals surface area contributed by atoms with Gasteiger partial charge in [0.2, 0.25) is 0 Å². The van der Waals surface area contributed by atoms with Gasteiger partial charge in [-0.15, -0.1) is 5.10 Å². The van der Waals surface area contributed by atoms with E-state index in [2.05, 4.69) is 26.0 Å². The number of benzene rings is 1. The number of nitrogens with one attached hydrogen (secondary N) is 2. The number of hydrogen-bond donors (Lipinski definition) is 2. The molecule has 0 saturated carbocycles. The monoisotopic (exact) mass is 260 g/mol. The lowest BCUT2D eigenvalue weighted by Gasteiger charge is -2.05. The third-order valence-electron chi connectivity index (χ3n) is 2.28. The number of tetrazole rings is 1. The number of carbonyl (C=O) groups excluding carboxylic acids is 2. The average molecular weight is 260 g/mol. The van der Waals surface area contributed by atoms with Crippen LogP contribution in [0.3, 0.4) is 0 Å². The Bertz CT molecular complexity index is 604. The summed E-state index contributed by atoms with van der Waals surface area (Å²) in [5.74, 6) is 0.0834. The molecule has 1 aromatic carbocycles. The molecule has 0 atom stereocenters. The Morgan fingerprint density at radius 3 is 2.37 bits per heavy atom. The van der Waals surface area contributed by atoms with Gasteiger partial charge in [-0.25, -0.2) is 4.79 Å². The minimum atomic E-state index is -0.483. The van der Waals surface area contributed by atoms with Crippen LogP contribution in [0.15, 0.2) is 24.3 Å². The van der Waals surface area contributed by atoms with Crippen molar-refractivity contribution in [1.29, 1.82) is 0 Å². The van der Waals surface area contributed by atoms with Gasteiger partial charge in [-0.05, 0) is 36.4 Å². The number of ketones is 1. The van der Waals surface area contributed by atoms with Gasteiger partial charge in [-0.2, -0.15) is 4.80 Å². The summed E-state index contributed by atoms with van der Waals surface area (Å²) in [6.45, 7) is 1.48. The Labute approximate surface area is 108 Å². The Morgan fingerprint density at radius 2 is 1.84 bits per heavy atom. The molecule has 0 aliphatic heterocycles. The van der Waals surface area contributed by atoms with Crippen LogP contribution in [0.25, 0.3) is 0 Å². The van der Waals surface area contributed by atoms with Crippen molar-refractivity contribution < 1.29 is 9.59 Å². The van der Waals surface area contributed by atoms with Gasteiger partial charge in [-0.3, -0.25) is 10.1 Å². The molecule has 1 heterocycles. The van der Waals surface area contributed by atoms with Crippen LogP contribution < -0.4 is 10.6 Å². The van der Waals surface area contributed by atoms with E-state index in [9.17, 15) is 9.59 Å². The van der Waals surface area contributed by atoms with Crippen LogP contribution in [-0.4, -0.2) is 32.0 Å². The van der Waals surface area contributed by atoms with Gasteiger partial charge in [0.15, 0.2) is 5.78 Å². The maximum absolute atomic E-state index is 11.6. The van der Waals surface area contributed by atoms with Crippen molar-refractivity contribution in [3.63, 3.8) is 0 Å². The van der Waals surface area contributed by atoms with Gasteiger partial charge in [-0.1, -0.05) is 5.10 Å². The number of amides is 2. The minimum Gasteiger partial charge on any atom is -0.308 e. The zero-order valence-corrected chi connectivity index (χ0v) is 10.4. The first-order valence-electron chi connectivity index (χ1n) is 5.47. The van der Waals surface area contributed by atoms with Gasteiger partial charge in [0.25, 0.3) is 5.95 Å². The molecule has 19 heavy (non-hydrogen) atoms. The van der Waals surface area contributed by atoms with Crippen LogP contribution in [0.4, 0.5) is 16.4 Å². The highest BCUT2D eigenvalue weighted by Gasteiger charge is 2.07. The number of hydrogen-bond acceptors (Lipinski definition) is 5. The van der Waals surface area contributed by atoms with Crippen molar-refractivity contribution in [3.05, 3.63) is 29.8 Å². The predicted octanol–water partition coefficient (Wildman–Crippen LogP) is 1.06. The van der Waals surface area contributed by atoms with Gasteiger partial charge in [0, 0.05) is 11.3 Å². The van der Waals surface area contributed by atoms with Crippen molar-refractivity contribution in [1.82, 2.24) is 20.2 Å². The predicted molar refractivity (Wildman–Crippen MR) is 67.9 cm³/mol. The van der Waals surface area contributed by atoms with E-state index in [4.69, 9.17) is 0 Å². The van der Waals surface area contributed by atoms with Crippen LogP contribution >= 0.6 is 0 Å². The first-order chi connectivity index (χ1) is 9.04. The second-order valence-corrected chi connectivity index (χ2v) is 3.82. The summed E-state index contributed by atoms with van der Waals surface area (Å²) in [6.07, 6.45) is 0. The van der Waals surface area contributed by atoms with E-state index in [-0.39, 0.29) is 11.7 Å². The second kappa shape index (κ2) is 5.25. The second-order valence-electron chi connectivity index (χ2n) is 3.82. The summed E-state index contributed by atoms with van der Waals surface area (Å²) >= 11 is 0. The third kappa shape index (κ3) is 3.35. The normalized spacial score (nSPS) is 10.0. The maximum atomic E-state index is 11.6. The molecule has 0 saturated heterocycles. The molecule has 0 bridgehead atoms. The van der Waals surface area contributed by atoms with E-state index >= 15 is 0 Å². The molecule has 2 aromatic rings. The van der Waals surface area contributed by atoms with E-state index in [0.717, 1.165) is 0 Å². The molecule has 0 fully saturated rings. The molecule has 2 rings (SSSR count). The summed E-state index contributed by atoms with van der Waals surface area (Å²) in [5.41, 5.74) is 1.15. The molecule has 0 radical (unpaired) electrons. The SMILES string of the molecule is CC(=O)c1ccc(NC(=O)Nc2nnn(C)n2)cc1. The lowest BCUT2D eigenvalue weighted by atomic mass is 10.1. The Morgan fingerprint density at radius 1 is 1.16 bits per heavy atom. The number of aromatic nitrogens is 4. The standard InChI is InChI=1S/C11H12N6O2/c1-7(18)8-3-5-9(6-4-8)12-11(19)13-10-14-16-17(2)15-10/h3-6H,1-2H3,(H2,12,13,15,19). The average Bonchev–Trinajstić information content (AvgIpc) is 2.75. The van der Waals surface area contributed by atoms with E-state index in [1.807, 2.05) is 0 Å². The van der Waals surface area contributed by atoms with Gasteiger partial charge in [0.05, 0.1) is 7.05 Å². The molecule has 2 amide bonds. The van der Waals surface area contributed by atoms with Gasteiger partial charge >= 0.3 is 6.03 Å². The molecule has 8 nitrogen and oxygen atoms in total. The number of carbonyl (C=O) groups is 2. The van der Waals surface area contributed by atoms with Gasteiger partial charge < -0.3 is 5.32 Å². The maximum Gasteiger partial charge on any atom is 0.326 e. The number of Topliss-reactive ketones (excluding diaryl/α,β-unsaturated/α-hetero) is 1. The van der Waals surface area contributed by atoms with E-state index in [1.165, 1.54) is 11.7 Å². The summed E-state index contributed by atoms with van der Waals surface area (Å²) < 4.78 is 0.